The van der Waals surface area contributed by atoms with Gasteiger partial charge in [-0.3, -0.25) is 0 Å². The van der Waals surface area contributed by atoms with Gasteiger partial charge in [0, 0.05) is 12.6 Å². The molecule has 1 N–H and O–H groups in total. The summed E-state index contributed by atoms with van der Waals surface area (Å²) in [4.78, 5) is 0. The maximum Gasteiger partial charge on any atom is 0.166 e. The average molecular weight is 251 g/mol. The van der Waals surface area contributed by atoms with Crippen LogP contribution in [0.1, 0.15) is 12.7 Å². The molecule has 6 heteroatoms. The molecule has 0 aliphatic rings. The zero-order chi connectivity index (χ0) is 13.1. The van der Waals surface area contributed by atoms with E-state index in [0.29, 0.717) is 29.5 Å². The first-order valence-electron chi connectivity index (χ1n) is 5.58. The van der Waals surface area contributed by atoms with Gasteiger partial charge in [-0.1, -0.05) is 0 Å². The van der Waals surface area contributed by atoms with E-state index in [1.165, 1.54) is 13.2 Å². The highest BCUT2D eigenvalue weighted by atomic mass is 19.1. The molecular weight excluding hydrogens is 237 g/mol. The monoisotopic (exact) mass is 251 g/mol. The Bertz CT molecular complexity index is 554. The smallest absolute Gasteiger partial charge is 0.166 e. The topological polar surface area (TPSA) is 60.2 Å². The molecule has 2 aromatic rings. The van der Waals surface area contributed by atoms with Gasteiger partial charge in [-0.05, 0) is 19.1 Å². The van der Waals surface area contributed by atoms with Crippen molar-refractivity contribution in [1.82, 2.24) is 14.8 Å². The van der Waals surface area contributed by atoms with Gasteiger partial charge in [0.2, 0.25) is 0 Å². The van der Waals surface area contributed by atoms with Crippen LogP contribution in [0.25, 0.3) is 11.4 Å². The van der Waals surface area contributed by atoms with Crippen LogP contribution in [0.3, 0.4) is 0 Å². The molecule has 0 spiro atoms. The lowest BCUT2D eigenvalue weighted by atomic mass is 10.2. The van der Waals surface area contributed by atoms with E-state index in [9.17, 15) is 4.39 Å². The van der Waals surface area contributed by atoms with Crippen molar-refractivity contribution in [3.8, 4) is 17.1 Å². The summed E-state index contributed by atoms with van der Waals surface area (Å²) in [5.74, 6) is 0.839. The molecule has 0 saturated heterocycles. The van der Waals surface area contributed by atoms with Gasteiger partial charge in [-0.25, -0.2) is 4.39 Å². The van der Waals surface area contributed by atoms with Crippen LogP contribution in [0.5, 0.6) is 5.75 Å². The number of ether oxygens (including phenoxy) is 1. The minimum absolute atomic E-state index is 0.224. The Balaban J connectivity index is 2.51. The van der Waals surface area contributed by atoms with E-state index >= 15 is 0 Å². The van der Waals surface area contributed by atoms with Crippen molar-refractivity contribution in [2.75, 3.05) is 7.11 Å². The van der Waals surface area contributed by atoms with Crippen LogP contribution in [-0.4, -0.2) is 27.0 Å². The van der Waals surface area contributed by atoms with E-state index in [4.69, 9.17) is 9.84 Å². The molecule has 1 heterocycles. The fraction of sp³-hybridized carbons (Fsp3) is 0.333. The maximum atomic E-state index is 13.9. The predicted octanol–water partition coefficient (Wildman–Crippen LogP) is 1.60. The average Bonchev–Trinajstić information content (AvgIpc) is 2.81. The van der Waals surface area contributed by atoms with E-state index in [1.54, 1.807) is 16.7 Å². The summed E-state index contributed by atoms with van der Waals surface area (Å²) in [6.07, 6.45) is 0. The number of aliphatic hydroxyl groups excluding tert-OH is 1. The van der Waals surface area contributed by atoms with Crippen molar-refractivity contribution >= 4 is 0 Å². The molecule has 0 unspecified atom stereocenters. The SMILES string of the molecule is CCn1c(CO)nnc1-c1ccc(OC)cc1F. The second kappa shape index (κ2) is 5.14. The molecule has 96 valence electrons. The number of hydrogen-bond donors (Lipinski definition) is 1. The minimum atomic E-state index is -0.430. The van der Waals surface area contributed by atoms with Crippen molar-refractivity contribution in [3.63, 3.8) is 0 Å². The van der Waals surface area contributed by atoms with Gasteiger partial charge < -0.3 is 14.4 Å². The number of aliphatic hydroxyl groups is 1. The fourth-order valence-corrected chi connectivity index (χ4v) is 1.79. The van der Waals surface area contributed by atoms with Crippen LogP contribution in [0, 0.1) is 5.82 Å². The Morgan fingerprint density at radius 2 is 2.17 bits per heavy atom. The molecule has 0 fully saturated rings. The van der Waals surface area contributed by atoms with Gasteiger partial charge >= 0.3 is 0 Å². The first-order chi connectivity index (χ1) is 8.71. The molecule has 0 bridgehead atoms. The van der Waals surface area contributed by atoms with Crippen molar-refractivity contribution in [1.29, 1.82) is 0 Å². The Morgan fingerprint density at radius 1 is 1.39 bits per heavy atom. The van der Waals surface area contributed by atoms with E-state index in [2.05, 4.69) is 10.2 Å². The van der Waals surface area contributed by atoms with Crippen LogP contribution in [0.4, 0.5) is 4.39 Å². The largest absolute Gasteiger partial charge is 0.497 e. The lowest BCUT2D eigenvalue weighted by Crippen LogP contribution is -2.04. The van der Waals surface area contributed by atoms with E-state index < -0.39 is 5.82 Å². The van der Waals surface area contributed by atoms with E-state index in [-0.39, 0.29) is 6.61 Å². The third kappa shape index (κ3) is 2.06. The number of benzene rings is 1. The second-order valence-electron chi connectivity index (χ2n) is 3.69. The summed E-state index contributed by atoms with van der Waals surface area (Å²) < 4.78 is 20.5. The molecule has 18 heavy (non-hydrogen) atoms. The first kappa shape index (κ1) is 12.5. The van der Waals surface area contributed by atoms with Crippen molar-refractivity contribution in [2.45, 2.75) is 20.1 Å². The molecule has 1 aromatic heterocycles. The Kier molecular flexibility index (Phi) is 3.57. The second-order valence-corrected chi connectivity index (χ2v) is 3.69. The Hall–Kier alpha value is -1.95. The molecule has 0 atom stereocenters. The standard InChI is InChI=1S/C12H14FN3O2/c1-3-16-11(7-17)14-15-12(16)9-5-4-8(18-2)6-10(9)13/h4-6,17H,3,7H2,1-2H3. The molecule has 2 rings (SSSR count). The predicted molar refractivity (Wildman–Crippen MR) is 63.6 cm³/mol. The summed E-state index contributed by atoms with van der Waals surface area (Å²) in [5, 5.41) is 16.9. The van der Waals surface area contributed by atoms with Crippen molar-refractivity contribution < 1.29 is 14.2 Å². The summed E-state index contributed by atoms with van der Waals surface area (Å²) in [6.45, 7) is 2.22. The van der Waals surface area contributed by atoms with Gasteiger partial charge in [-0.15, -0.1) is 10.2 Å². The maximum absolute atomic E-state index is 13.9. The van der Waals surface area contributed by atoms with Gasteiger partial charge in [-0.2, -0.15) is 0 Å². The summed E-state index contributed by atoms with van der Waals surface area (Å²) in [5.41, 5.74) is 0.338. The molecule has 0 aliphatic heterocycles. The Labute approximate surface area is 104 Å². The number of aromatic nitrogens is 3. The van der Waals surface area contributed by atoms with Crippen LogP contribution in [0.2, 0.25) is 0 Å². The van der Waals surface area contributed by atoms with Gasteiger partial charge in [0.1, 0.15) is 18.2 Å². The molecule has 1 aromatic carbocycles. The quantitative estimate of drug-likeness (QED) is 0.896. The number of halogens is 1. The summed E-state index contributed by atoms with van der Waals surface area (Å²) >= 11 is 0. The van der Waals surface area contributed by atoms with Crippen LogP contribution >= 0.6 is 0 Å². The highest BCUT2D eigenvalue weighted by Gasteiger charge is 2.15. The van der Waals surface area contributed by atoms with Crippen LogP contribution in [-0.2, 0) is 13.2 Å². The third-order valence-electron chi connectivity index (χ3n) is 2.70. The number of rotatable bonds is 4. The molecule has 0 saturated carbocycles. The summed E-state index contributed by atoms with van der Waals surface area (Å²) in [7, 11) is 1.48. The minimum Gasteiger partial charge on any atom is -0.497 e. The van der Waals surface area contributed by atoms with E-state index in [0.717, 1.165) is 0 Å². The van der Waals surface area contributed by atoms with Gasteiger partial charge in [0.25, 0.3) is 0 Å². The molecule has 0 aliphatic carbocycles. The van der Waals surface area contributed by atoms with Crippen molar-refractivity contribution in [2.24, 2.45) is 0 Å². The molecular formula is C12H14FN3O2. The Morgan fingerprint density at radius 3 is 2.72 bits per heavy atom. The highest BCUT2D eigenvalue weighted by Crippen LogP contribution is 2.25. The number of methoxy groups -OCH3 is 1. The molecule has 0 amide bonds. The summed E-state index contributed by atoms with van der Waals surface area (Å²) in [6, 6.07) is 4.54. The van der Waals surface area contributed by atoms with Crippen molar-refractivity contribution in [3.05, 3.63) is 29.8 Å². The number of hydrogen-bond acceptors (Lipinski definition) is 4. The molecule has 0 radical (unpaired) electrons. The highest BCUT2D eigenvalue weighted by molar-refractivity contribution is 5.57. The van der Waals surface area contributed by atoms with Gasteiger partial charge in [0.15, 0.2) is 11.6 Å². The number of nitrogens with zero attached hydrogens (tertiary/aromatic N) is 3. The third-order valence-corrected chi connectivity index (χ3v) is 2.70. The fourth-order valence-electron chi connectivity index (χ4n) is 1.79. The van der Waals surface area contributed by atoms with Crippen LogP contribution < -0.4 is 4.74 Å². The molecule has 5 nitrogen and oxygen atoms in total. The normalized spacial score (nSPS) is 10.7. The zero-order valence-corrected chi connectivity index (χ0v) is 10.2. The van der Waals surface area contributed by atoms with Crippen LogP contribution in [0.15, 0.2) is 18.2 Å². The lowest BCUT2D eigenvalue weighted by Gasteiger charge is -2.08. The first-order valence-corrected chi connectivity index (χ1v) is 5.58. The van der Waals surface area contributed by atoms with E-state index in [1.807, 2.05) is 6.92 Å². The van der Waals surface area contributed by atoms with Gasteiger partial charge in [0.05, 0.1) is 12.7 Å². The zero-order valence-electron chi connectivity index (χ0n) is 10.2. The lowest BCUT2D eigenvalue weighted by molar-refractivity contribution is 0.265.